The number of fused-ring (bicyclic) bond motifs is 5. The molecule has 0 aliphatic heterocycles. The van der Waals surface area contributed by atoms with E-state index in [-0.39, 0.29) is 12.1 Å². The van der Waals surface area contributed by atoms with Crippen molar-refractivity contribution in [3.8, 4) is 0 Å². The highest BCUT2D eigenvalue weighted by molar-refractivity contribution is 5.66. The lowest BCUT2D eigenvalue weighted by molar-refractivity contribution is -0.148. The normalized spacial score (nSPS) is 47.5. The molecule has 0 N–H and O–H groups in total. The van der Waals surface area contributed by atoms with E-state index in [1.807, 2.05) is 0 Å². The van der Waals surface area contributed by atoms with Crippen LogP contribution in [0.4, 0.5) is 0 Å². The second-order valence-electron chi connectivity index (χ2n) is 9.54. The van der Waals surface area contributed by atoms with Crippen LogP contribution in [0.15, 0.2) is 23.3 Å². The van der Waals surface area contributed by atoms with Gasteiger partial charge in [0.25, 0.3) is 0 Å². The highest BCUT2D eigenvalue weighted by atomic mass is 16.5. The fraction of sp³-hybridized carbons (Fsp3) is 0.783. The van der Waals surface area contributed by atoms with Crippen molar-refractivity contribution in [2.24, 2.45) is 28.6 Å². The Morgan fingerprint density at radius 3 is 2.60 bits per heavy atom. The minimum Gasteiger partial charge on any atom is -0.462 e. The lowest BCUT2D eigenvalue weighted by Gasteiger charge is -2.57. The molecule has 3 saturated carbocycles. The zero-order valence-electron chi connectivity index (χ0n) is 16.4. The van der Waals surface area contributed by atoms with Gasteiger partial charge in [-0.05, 0) is 80.5 Å². The van der Waals surface area contributed by atoms with Crippen molar-refractivity contribution < 1.29 is 9.53 Å². The number of rotatable bonds is 1. The molecule has 0 bridgehead atoms. The van der Waals surface area contributed by atoms with Gasteiger partial charge in [0.15, 0.2) is 0 Å². The second kappa shape index (κ2) is 5.99. The van der Waals surface area contributed by atoms with Gasteiger partial charge in [-0.1, -0.05) is 37.1 Å². The number of hydrogen-bond donors (Lipinski definition) is 0. The summed E-state index contributed by atoms with van der Waals surface area (Å²) in [6, 6.07) is 0. The lowest BCUT2D eigenvalue weighted by atomic mass is 9.48. The molecule has 0 amide bonds. The summed E-state index contributed by atoms with van der Waals surface area (Å²) in [4.78, 5) is 11.4. The van der Waals surface area contributed by atoms with Crippen molar-refractivity contribution in [2.45, 2.75) is 85.2 Å². The van der Waals surface area contributed by atoms with E-state index >= 15 is 0 Å². The summed E-state index contributed by atoms with van der Waals surface area (Å²) in [6.45, 7) is 8.86. The summed E-state index contributed by atoms with van der Waals surface area (Å²) in [5.41, 5.74) is 4.14. The Bertz CT molecular complexity index is 630. The van der Waals surface area contributed by atoms with Crippen molar-refractivity contribution in [1.82, 2.24) is 0 Å². The molecule has 0 aromatic heterocycles. The molecule has 3 fully saturated rings. The molecule has 25 heavy (non-hydrogen) atoms. The first-order chi connectivity index (χ1) is 11.9. The first-order valence-corrected chi connectivity index (χ1v) is 10.4. The number of ether oxygens (including phenoxy) is 1. The van der Waals surface area contributed by atoms with Gasteiger partial charge >= 0.3 is 5.97 Å². The molecular weight excluding hydrogens is 308 g/mol. The summed E-state index contributed by atoms with van der Waals surface area (Å²) in [7, 11) is 0. The summed E-state index contributed by atoms with van der Waals surface area (Å²) in [6.07, 6.45) is 15.0. The number of hydrogen-bond acceptors (Lipinski definition) is 2. The largest absolute Gasteiger partial charge is 0.462 e. The van der Waals surface area contributed by atoms with Crippen LogP contribution in [0.1, 0.15) is 79.1 Å². The molecule has 0 spiro atoms. The highest BCUT2D eigenvalue weighted by Crippen LogP contribution is 2.66. The van der Waals surface area contributed by atoms with Crippen LogP contribution in [0, 0.1) is 28.6 Å². The van der Waals surface area contributed by atoms with E-state index in [2.05, 4.69) is 32.9 Å². The molecule has 0 aromatic carbocycles. The third kappa shape index (κ3) is 2.54. The van der Waals surface area contributed by atoms with Gasteiger partial charge in [0, 0.05) is 13.3 Å². The Morgan fingerprint density at radius 2 is 1.88 bits per heavy atom. The molecule has 4 aliphatic rings. The van der Waals surface area contributed by atoms with Gasteiger partial charge in [0.05, 0.1) is 0 Å². The monoisotopic (exact) mass is 342 g/mol. The first-order valence-electron chi connectivity index (χ1n) is 10.4. The average molecular weight is 343 g/mol. The number of allylic oxidation sites excluding steroid dienone is 3. The third-order valence-corrected chi connectivity index (χ3v) is 8.59. The molecule has 2 nitrogen and oxygen atoms in total. The molecule has 0 saturated heterocycles. The molecule has 4 aliphatic carbocycles. The molecule has 0 unspecified atom stereocenters. The molecular formula is C23H34O2. The molecule has 0 aromatic rings. The van der Waals surface area contributed by atoms with Crippen molar-refractivity contribution >= 4 is 5.97 Å². The van der Waals surface area contributed by atoms with E-state index in [0.717, 1.165) is 30.6 Å². The minimum atomic E-state index is -0.124. The SMILES string of the molecule is C/C=C1\CC[C@H]2[C@H]3CC=C4C[C@@H](OC(C)=O)CC[C@]4(C)[C@@H]3CC[C@]12C. The number of carbonyl (C=O) groups excluding carboxylic acids is 1. The van der Waals surface area contributed by atoms with E-state index in [1.54, 1.807) is 18.1 Å². The van der Waals surface area contributed by atoms with Gasteiger partial charge < -0.3 is 4.74 Å². The van der Waals surface area contributed by atoms with Gasteiger partial charge in [0.1, 0.15) is 6.10 Å². The molecule has 0 radical (unpaired) electrons. The van der Waals surface area contributed by atoms with Crippen LogP contribution >= 0.6 is 0 Å². The highest BCUT2D eigenvalue weighted by Gasteiger charge is 2.57. The summed E-state index contributed by atoms with van der Waals surface area (Å²) in [5.74, 6) is 2.44. The molecule has 2 heteroatoms. The van der Waals surface area contributed by atoms with E-state index in [9.17, 15) is 4.79 Å². The third-order valence-electron chi connectivity index (χ3n) is 8.59. The predicted octanol–water partition coefficient (Wildman–Crippen LogP) is 5.83. The van der Waals surface area contributed by atoms with Gasteiger partial charge in [-0.3, -0.25) is 4.79 Å². The van der Waals surface area contributed by atoms with E-state index in [0.29, 0.717) is 10.8 Å². The number of esters is 1. The van der Waals surface area contributed by atoms with E-state index < -0.39 is 0 Å². The second-order valence-corrected chi connectivity index (χ2v) is 9.54. The quantitative estimate of drug-likeness (QED) is 0.443. The average Bonchev–Trinajstić information content (AvgIpc) is 2.91. The first kappa shape index (κ1) is 17.4. The Hall–Kier alpha value is -1.05. The van der Waals surface area contributed by atoms with Gasteiger partial charge in [-0.15, -0.1) is 0 Å². The Labute approximate surface area is 153 Å². The maximum atomic E-state index is 11.4. The Kier molecular flexibility index (Phi) is 4.16. The van der Waals surface area contributed by atoms with Crippen LogP contribution in [0.2, 0.25) is 0 Å². The van der Waals surface area contributed by atoms with Crippen LogP contribution in [-0.4, -0.2) is 12.1 Å². The zero-order chi connectivity index (χ0) is 17.8. The van der Waals surface area contributed by atoms with Gasteiger partial charge in [-0.2, -0.15) is 0 Å². The fourth-order valence-corrected chi connectivity index (χ4v) is 7.28. The maximum absolute atomic E-state index is 11.4. The van der Waals surface area contributed by atoms with Crippen molar-refractivity contribution in [1.29, 1.82) is 0 Å². The topological polar surface area (TPSA) is 26.3 Å². The van der Waals surface area contributed by atoms with Crippen molar-refractivity contribution in [3.63, 3.8) is 0 Å². The molecule has 0 heterocycles. The Balaban J connectivity index is 1.60. The van der Waals surface area contributed by atoms with Crippen molar-refractivity contribution in [2.75, 3.05) is 0 Å². The lowest BCUT2D eigenvalue weighted by Crippen LogP contribution is -2.49. The number of carbonyl (C=O) groups is 1. The smallest absolute Gasteiger partial charge is 0.302 e. The van der Waals surface area contributed by atoms with E-state index in [1.165, 1.54) is 38.5 Å². The molecule has 138 valence electrons. The zero-order valence-corrected chi connectivity index (χ0v) is 16.4. The molecule has 4 rings (SSSR count). The predicted molar refractivity (Wildman–Crippen MR) is 101 cm³/mol. The minimum absolute atomic E-state index is 0.114. The summed E-state index contributed by atoms with van der Waals surface area (Å²) < 4.78 is 5.55. The van der Waals surface area contributed by atoms with Crippen LogP contribution in [0.25, 0.3) is 0 Å². The Morgan fingerprint density at radius 1 is 1.16 bits per heavy atom. The summed E-state index contributed by atoms with van der Waals surface area (Å²) in [5, 5.41) is 0. The van der Waals surface area contributed by atoms with Gasteiger partial charge in [0.2, 0.25) is 0 Å². The van der Waals surface area contributed by atoms with Crippen LogP contribution < -0.4 is 0 Å². The standard InChI is InChI=1S/C23H34O2/c1-5-16-7-9-20-19-8-6-17-14-18(25-15(2)24)10-12-23(17,4)21(19)11-13-22(16,20)3/h5-6,18-21H,7-14H2,1-4H3/b16-5+/t18-,19+,20-,21+,22+,23-/m0/s1. The fourth-order valence-electron chi connectivity index (χ4n) is 7.28. The van der Waals surface area contributed by atoms with Gasteiger partial charge in [-0.25, -0.2) is 0 Å². The van der Waals surface area contributed by atoms with Crippen LogP contribution in [0.3, 0.4) is 0 Å². The summed E-state index contributed by atoms with van der Waals surface area (Å²) >= 11 is 0. The molecule has 6 atom stereocenters. The van der Waals surface area contributed by atoms with Crippen LogP contribution in [0.5, 0.6) is 0 Å². The van der Waals surface area contributed by atoms with Crippen molar-refractivity contribution in [3.05, 3.63) is 23.3 Å². The maximum Gasteiger partial charge on any atom is 0.302 e. The van der Waals surface area contributed by atoms with Crippen LogP contribution in [-0.2, 0) is 9.53 Å². The van der Waals surface area contributed by atoms with E-state index in [4.69, 9.17) is 4.74 Å².